The average Bonchev–Trinajstić information content (AvgIpc) is 3.13. The van der Waals surface area contributed by atoms with Crippen molar-refractivity contribution in [2.75, 3.05) is 5.32 Å². The second-order valence-corrected chi connectivity index (χ2v) is 9.36. The number of amides is 3. The van der Waals surface area contributed by atoms with Gasteiger partial charge in [-0.25, -0.2) is 0 Å². The van der Waals surface area contributed by atoms with Gasteiger partial charge in [0.2, 0.25) is 17.7 Å². The van der Waals surface area contributed by atoms with Gasteiger partial charge in [0.05, 0.1) is 11.8 Å². The first-order chi connectivity index (χ1) is 12.5. The predicted octanol–water partition coefficient (Wildman–Crippen LogP) is 2.17. The molecule has 0 bridgehead atoms. The lowest BCUT2D eigenvalue weighted by molar-refractivity contribution is -0.148. The molecule has 2 unspecified atom stereocenters. The molecule has 1 spiro atoms. The van der Waals surface area contributed by atoms with Gasteiger partial charge >= 0.3 is 0 Å². The van der Waals surface area contributed by atoms with E-state index in [1.54, 1.807) is 0 Å². The Morgan fingerprint density at radius 1 is 1.11 bits per heavy atom. The van der Waals surface area contributed by atoms with Gasteiger partial charge in [0.1, 0.15) is 5.54 Å². The number of imide groups is 1. The molecule has 2 fully saturated rings. The molecule has 3 aliphatic rings. The Labute approximate surface area is 159 Å². The molecule has 27 heavy (non-hydrogen) atoms. The Bertz CT molecular complexity index is 870. The molecule has 144 valence electrons. The highest BCUT2D eigenvalue weighted by molar-refractivity contribution is 6.15. The van der Waals surface area contributed by atoms with Crippen molar-refractivity contribution in [3.63, 3.8) is 0 Å². The summed E-state index contributed by atoms with van der Waals surface area (Å²) in [6.45, 7) is 11.6. The zero-order chi connectivity index (χ0) is 19.9. The SMILES string of the molecule is Cc1cccc2c1NC(=O)C21NC(C(C)C)[C@H]2C(=O)N(C(C)(C)C)C(=O)[C@H]21. The lowest BCUT2D eigenvalue weighted by atomic mass is 9.75. The molecule has 0 aliphatic carbocycles. The molecule has 3 amide bonds. The van der Waals surface area contributed by atoms with E-state index in [9.17, 15) is 14.4 Å². The van der Waals surface area contributed by atoms with Crippen molar-refractivity contribution >= 4 is 23.4 Å². The van der Waals surface area contributed by atoms with E-state index in [0.717, 1.165) is 16.8 Å². The van der Waals surface area contributed by atoms with Gasteiger partial charge in [-0.1, -0.05) is 32.0 Å². The smallest absolute Gasteiger partial charge is 0.250 e. The Morgan fingerprint density at radius 2 is 1.78 bits per heavy atom. The third-order valence-electron chi connectivity index (χ3n) is 6.28. The zero-order valence-corrected chi connectivity index (χ0v) is 16.7. The summed E-state index contributed by atoms with van der Waals surface area (Å²) in [6, 6.07) is 5.49. The van der Waals surface area contributed by atoms with Gasteiger partial charge in [-0.3, -0.25) is 24.6 Å². The number of benzene rings is 1. The summed E-state index contributed by atoms with van der Waals surface area (Å²) in [5, 5.41) is 6.43. The van der Waals surface area contributed by atoms with E-state index < -0.39 is 22.9 Å². The van der Waals surface area contributed by atoms with Crippen LogP contribution in [0.3, 0.4) is 0 Å². The van der Waals surface area contributed by atoms with Crippen LogP contribution in [0.4, 0.5) is 5.69 Å². The number of likely N-dealkylation sites (tertiary alicyclic amines) is 1. The largest absolute Gasteiger partial charge is 0.324 e. The number of carbonyl (C=O) groups is 3. The molecule has 4 rings (SSSR count). The molecular weight excluding hydrogens is 342 g/mol. The lowest BCUT2D eigenvalue weighted by Gasteiger charge is -2.35. The van der Waals surface area contributed by atoms with Gasteiger partial charge in [-0.2, -0.15) is 0 Å². The van der Waals surface area contributed by atoms with E-state index in [1.807, 2.05) is 59.7 Å². The van der Waals surface area contributed by atoms with Crippen molar-refractivity contribution in [3.05, 3.63) is 29.3 Å². The first kappa shape index (κ1) is 18.2. The summed E-state index contributed by atoms with van der Waals surface area (Å²) in [7, 11) is 0. The van der Waals surface area contributed by atoms with Crippen LogP contribution in [0.1, 0.15) is 45.7 Å². The van der Waals surface area contributed by atoms with Gasteiger partial charge in [0.15, 0.2) is 0 Å². The summed E-state index contributed by atoms with van der Waals surface area (Å²) in [5.41, 5.74) is 0.683. The standard InChI is InChI=1S/C21H27N3O3/c1-10(2)15-13-14(18(26)24(17(13)25)20(4,5)6)21(23-15)12-9-7-8-11(3)16(12)22-19(21)27/h7-10,13-15,23H,1-6H3,(H,22,27)/t13-,14-,15?,21?/m0/s1. The molecule has 4 atom stereocenters. The molecule has 2 saturated heterocycles. The number of hydrogen-bond acceptors (Lipinski definition) is 4. The molecule has 1 aromatic rings. The van der Waals surface area contributed by atoms with Crippen molar-refractivity contribution in [3.8, 4) is 0 Å². The maximum absolute atomic E-state index is 13.5. The van der Waals surface area contributed by atoms with Crippen LogP contribution in [0.15, 0.2) is 18.2 Å². The fourth-order valence-corrected chi connectivity index (χ4v) is 5.14. The van der Waals surface area contributed by atoms with Crippen LogP contribution >= 0.6 is 0 Å². The quantitative estimate of drug-likeness (QED) is 0.744. The van der Waals surface area contributed by atoms with Gasteiger partial charge in [-0.05, 0) is 39.2 Å². The molecule has 3 aliphatic heterocycles. The summed E-state index contributed by atoms with van der Waals surface area (Å²) in [4.78, 5) is 41.5. The number of para-hydroxylation sites is 1. The number of nitrogens with one attached hydrogen (secondary N) is 2. The van der Waals surface area contributed by atoms with Gasteiger partial charge in [0.25, 0.3) is 0 Å². The Kier molecular flexibility index (Phi) is 3.64. The summed E-state index contributed by atoms with van der Waals surface area (Å²) >= 11 is 0. The molecule has 6 nitrogen and oxygen atoms in total. The topological polar surface area (TPSA) is 78.5 Å². The van der Waals surface area contributed by atoms with Crippen LogP contribution in [0.2, 0.25) is 0 Å². The molecular formula is C21H27N3O3. The summed E-state index contributed by atoms with van der Waals surface area (Å²) in [5.74, 6) is -1.81. The molecule has 3 heterocycles. The van der Waals surface area contributed by atoms with Crippen LogP contribution in [0, 0.1) is 24.7 Å². The van der Waals surface area contributed by atoms with Gasteiger partial charge in [0, 0.05) is 22.8 Å². The van der Waals surface area contributed by atoms with E-state index >= 15 is 0 Å². The number of nitrogens with zero attached hydrogens (tertiary/aromatic N) is 1. The highest BCUT2D eigenvalue weighted by atomic mass is 16.2. The Balaban J connectivity index is 1.95. The van der Waals surface area contributed by atoms with Crippen molar-refractivity contribution in [2.24, 2.45) is 17.8 Å². The highest BCUT2D eigenvalue weighted by Gasteiger charge is 2.71. The number of carbonyl (C=O) groups excluding carboxylic acids is 3. The number of aryl methyl sites for hydroxylation is 1. The van der Waals surface area contributed by atoms with Crippen LogP contribution in [-0.2, 0) is 19.9 Å². The molecule has 2 N–H and O–H groups in total. The minimum atomic E-state index is -1.19. The minimum Gasteiger partial charge on any atom is -0.324 e. The van der Waals surface area contributed by atoms with E-state index in [2.05, 4.69) is 10.6 Å². The maximum Gasteiger partial charge on any atom is 0.250 e. The van der Waals surface area contributed by atoms with Gasteiger partial charge in [-0.15, -0.1) is 0 Å². The Morgan fingerprint density at radius 3 is 2.37 bits per heavy atom. The third kappa shape index (κ3) is 2.13. The van der Waals surface area contributed by atoms with E-state index in [0.29, 0.717) is 0 Å². The third-order valence-corrected chi connectivity index (χ3v) is 6.28. The minimum absolute atomic E-state index is 0.107. The second-order valence-electron chi connectivity index (χ2n) is 9.36. The highest BCUT2D eigenvalue weighted by Crippen LogP contribution is 2.55. The Hall–Kier alpha value is -2.21. The van der Waals surface area contributed by atoms with Crippen LogP contribution < -0.4 is 10.6 Å². The molecule has 0 aromatic heterocycles. The van der Waals surface area contributed by atoms with Crippen molar-refractivity contribution < 1.29 is 14.4 Å². The molecule has 1 aromatic carbocycles. The summed E-state index contributed by atoms with van der Waals surface area (Å²) < 4.78 is 0. The molecule has 0 radical (unpaired) electrons. The summed E-state index contributed by atoms with van der Waals surface area (Å²) in [6.07, 6.45) is 0. The molecule has 0 saturated carbocycles. The van der Waals surface area contributed by atoms with Crippen molar-refractivity contribution in [1.82, 2.24) is 10.2 Å². The number of hydrogen-bond donors (Lipinski definition) is 2. The first-order valence-electron chi connectivity index (χ1n) is 9.59. The second kappa shape index (κ2) is 5.41. The predicted molar refractivity (Wildman–Crippen MR) is 102 cm³/mol. The fourth-order valence-electron chi connectivity index (χ4n) is 5.14. The maximum atomic E-state index is 13.5. The molecule has 6 heteroatoms. The number of rotatable bonds is 1. The van der Waals surface area contributed by atoms with Gasteiger partial charge < -0.3 is 5.32 Å². The fraction of sp³-hybridized carbons (Fsp3) is 0.571. The zero-order valence-electron chi connectivity index (χ0n) is 16.7. The van der Waals surface area contributed by atoms with E-state index in [-0.39, 0.29) is 29.7 Å². The number of anilines is 1. The van der Waals surface area contributed by atoms with Crippen LogP contribution in [0.25, 0.3) is 0 Å². The van der Waals surface area contributed by atoms with Crippen molar-refractivity contribution in [1.29, 1.82) is 0 Å². The first-order valence-corrected chi connectivity index (χ1v) is 9.59. The van der Waals surface area contributed by atoms with E-state index in [4.69, 9.17) is 0 Å². The normalized spacial score (nSPS) is 32.5. The van der Waals surface area contributed by atoms with Crippen molar-refractivity contribution in [2.45, 2.75) is 58.7 Å². The van der Waals surface area contributed by atoms with E-state index in [1.165, 1.54) is 4.90 Å². The van der Waals surface area contributed by atoms with Crippen LogP contribution in [-0.4, -0.2) is 34.2 Å². The monoisotopic (exact) mass is 369 g/mol. The average molecular weight is 369 g/mol. The number of fused-ring (bicyclic) bond motifs is 4. The van der Waals surface area contributed by atoms with Crippen LogP contribution in [0.5, 0.6) is 0 Å². The lowest BCUT2D eigenvalue weighted by Crippen LogP contribution is -2.56.